The quantitative estimate of drug-likeness (QED) is 0.104. The molecule has 2 amide bonds. The Labute approximate surface area is 239 Å². The number of hydrogen-bond donors (Lipinski definition) is 4. The molecule has 0 aliphatic rings. The standard InChI is InChI=1S/C29H28N8O3S/c30-25(38)24(10-5-13-33-28(31)32)37-23-12-11-19(27(39)36-29-34-14-15-41-29)17-22(23)35-26(37)18-6-4-9-21(16-18)40-20-7-2-1-3-8-20/h1-4,6-9,11-12,14-17,24H,5,10,13H2,(H2,30,38)(H4,31,32,33)(H,34,36,39). The lowest BCUT2D eigenvalue weighted by Crippen LogP contribution is -2.27. The topological polar surface area (TPSA) is 177 Å². The van der Waals surface area contributed by atoms with Crippen molar-refractivity contribution in [3.63, 3.8) is 0 Å². The lowest BCUT2D eigenvalue weighted by molar-refractivity contribution is -0.121. The van der Waals surface area contributed by atoms with Gasteiger partial charge in [0.1, 0.15) is 23.4 Å². The molecular weight excluding hydrogens is 540 g/mol. The number of primary amides is 1. The molecule has 2 heterocycles. The fourth-order valence-electron chi connectivity index (χ4n) is 4.43. The van der Waals surface area contributed by atoms with Crippen LogP contribution in [0.5, 0.6) is 11.5 Å². The fraction of sp³-hybridized carbons (Fsp3) is 0.138. The maximum Gasteiger partial charge on any atom is 0.257 e. The molecule has 7 N–H and O–H groups in total. The highest BCUT2D eigenvalue weighted by molar-refractivity contribution is 7.13. The largest absolute Gasteiger partial charge is 0.457 e. The molecule has 11 nitrogen and oxygen atoms in total. The van der Waals surface area contributed by atoms with Gasteiger partial charge in [-0.05, 0) is 55.3 Å². The lowest BCUT2D eigenvalue weighted by atomic mass is 10.1. The number of aliphatic imine (C=N–C) groups is 1. The van der Waals surface area contributed by atoms with Crippen molar-refractivity contribution >= 4 is 45.3 Å². The normalized spacial score (nSPS) is 11.6. The van der Waals surface area contributed by atoms with Crippen LogP contribution < -0.4 is 27.3 Å². The predicted molar refractivity (Wildman–Crippen MR) is 160 cm³/mol. The summed E-state index contributed by atoms with van der Waals surface area (Å²) >= 11 is 1.32. The van der Waals surface area contributed by atoms with Gasteiger partial charge in [-0.1, -0.05) is 30.3 Å². The summed E-state index contributed by atoms with van der Waals surface area (Å²) in [5.74, 6) is 0.912. The van der Waals surface area contributed by atoms with Crippen LogP contribution in [0, 0.1) is 0 Å². The van der Waals surface area contributed by atoms with E-state index in [0.717, 1.165) is 0 Å². The van der Waals surface area contributed by atoms with Gasteiger partial charge in [0.25, 0.3) is 5.91 Å². The number of anilines is 1. The monoisotopic (exact) mass is 568 g/mol. The number of nitrogens with one attached hydrogen (secondary N) is 1. The molecule has 12 heteroatoms. The van der Waals surface area contributed by atoms with Gasteiger partial charge in [-0.3, -0.25) is 19.9 Å². The van der Waals surface area contributed by atoms with E-state index in [9.17, 15) is 9.59 Å². The second kappa shape index (κ2) is 12.3. The van der Waals surface area contributed by atoms with Crippen LogP contribution in [0.1, 0.15) is 29.2 Å². The van der Waals surface area contributed by atoms with Gasteiger partial charge in [-0.15, -0.1) is 11.3 Å². The molecule has 2 aromatic heterocycles. The molecule has 0 fully saturated rings. The number of nitrogens with zero attached hydrogens (tertiary/aromatic N) is 4. The van der Waals surface area contributed by atoms with Crippen molar-refractivity contribution in [3.05, 3.63) is 89.9 Å². The van der Waals surface area contributed by atoms with Crippen molar-refractivity contribution in [1.82, 2.24) is 14.5 Å². The SMILES string of the molecule is NC(=O)C(CCCN=C(N)N)n1c(-c2cccc(Oc3ccccc3)c2)nc2cc(C(=O)Nc3nccs3)ccc21. The van der Waals surface area contributed by atoms with Crippen LogP contribution in [-0.2, 0) is 4.79 Å². The van der Waals surface area contributed by atoms with Gasteiger partial charge in [-0.25, -0.2) is 9.97 Å². The maximum atomic E-state index is 12.9. The van der Waals surface area contributed by atoms with Crippen molar-refractivity contribution in [2.75, 3.05) is 11.9 Å². The van der Waals surface area contributed by atoms with Crippen LogP contribution in [0.4, 0.5) is 5.13 Å². The van der Waals surface area contributed by atoms with Crippen molar-refractivity contribution < 1.29 is 14.3 Å². The van der Waals surface area contributed by atoms with Crippen molar-refractivity contribution in [2.45, 2.75) is 18.9 Å². The number of nitrogens with two attached hydrogens (primary N) is 3. The molecule has 0 aliphatic heterocycles. The first-order chi connectivity index (χ1) is 19.9. The molecule has 1 unspecified atom stereocenters. The van der Waals surface area contributed by atoms with Gasteiger partial charge in [-0.2, -0.15) is 0 Å². The fourth-order valence-corrected chi connectivity index (χ4v) is 4.95. The Kier molecular flexibility index (Phi) is 8.20. The highest BCUT2D eigenvalue weighted by Gasteiger charge is 2.25. The summed E-state index contributed by atoms with van der Waals surface area (Å²) in [6.45, 7) is 0.343. The molecule has 5 aromatic rings. The van der Waals surface area contributed by atoms with E-state index in [2.05, 4.69) is 15.3 Å². The second-order valence-electron chi connectivity index (χ2n) is 9.11. The number of para-hydroxylation sites is 1. The molecule has 0 aliphatic carbocycles. The third-order valence-corrected chi connectivity index (χ3v) is 6.93. The van der Waals surface area contributed by atoms with E-state index in [0.29, 0.717) is 64.0 Å². The Hall–Kier alpha value is -5.23. The Morgan fingerprint density at radius 3 is 2.54 bits per heavy atom. The first kappa shape index (κ1) is 27.3. The minimum Gasteiger partial charge on any atom is -0.457 e. The van der Waals surface area contributed by atoms with E-state index in [1.165, 1.54) is 11.3 Å². The van der Waals surface area contributed by atoms with E-state index in [1.54, 1.807) is 34.3 Å². The summed E-state index contributed by atoms with van der Waals surface area (Å²) < 4.78 is 7.84. The highest BCUT2D eigenvalue weighted by atomic mass is 32.1. The van der Waals surface area contributed by atoms with E-state index >= 15 is 0 Å². The molecule has 0 saturated carbocycles. The van der Waals surface area contributed by atoms with Gasteiger partial charge in [0.05, 0.1) is 11.0 Å². The zero-order valence-electron chi connectivity index (χ0n) is 21.9. The number of carbonyl (C=O) groups is 2. The number of ether oxygens (including phenoxy) is 1. The molecular formula is C29H28N8O3S. The zero-order chi connectivity index (χ0) is 28.8. The highest BCUT2D eigenvalue weighted by Crippen LogP contribution is 2.33. The van der Waals surface area contributed by atoms with Crippen LogP contribution in [0.3, 0.4) is 0 Å². The molecule has 0 bridgehead atoms. The van der Waals surface area contributed by atoms with E-state index in [4.69, 9.17) is 26.9 Å². The van der Waals surface area contributed by atoms with Crippen LogP contribution in [-0.4, -0.2) is 38.9 Å². The maximum absolute atomic E-state index is 12.9. The zero-order valence-corrected chi connectivity index (χ0v) is 22.8. The summed E-state index contributed by atoms with van der Waals surface area (Å²) in [6, 6.07) is 21.2. The van der Waals surface area contributed by atoms with Gasteiger partial charge in [0, 0.05) is 29.2 Å². The van der Waals surface area contributed by atoms with E-state index < -0.39 is 11.9 Å². The van der Waals surface area contributed by atoms with E-state index in [-0.39, 0.29) is 11.9 Å². The number of rotatable bonds is 11. The molecule has 208 valence electrons. The average molecular weight is 569 g/mol. The molecule has 0 radical (unpaired) electrons. The number of amides is 2. The van der Waals surface area contributed by atoms with Crippen molar-refractivity contribution in [2.24, 2.45) is 22.2 Å². The molecule has 0 saturated heterocycles. The van der Waals surface area contributed by atoms with Crippen LogP contribution in [0.2, 0.25) is 0 Å². The number of imidazole rings is 1. The third-order valence-electron chi connectivity index (χ3n) is 6.25. The van der Waals surface area contributed by atoms with Gasteiger partial charge < -0.3 is 26.5 Å². The minimum atomic E-state index is -0.752. The lowest BCUT2D eigenvalue weighted by Gasteiger charge is -2.19. The number of thiazole rings is 1. The van der Waals surface area contributed by atoms with Crippen LogP contribution >= 0.6 is 11.3 Å². The third kappa shape index (κ3) is 6.50. The van der Waals surface area contributed by atoms with Gasteiger partial charge in [0.2, 0.25) is 5.91 Å². The first-order valence-corrected chi connectivity index (χ1v) is 13.7. The summed E-state index contributed by atoms with van der Waals surface area (Å²) in [5, 5.41) is 5.05. The van der Waals surface area contributed by atoms with Crippen molar-refractivity contribution in [1.29, 1.82) is 0 Å². The Bertz CT molecular complexity index is 1700. The molecule has 3 aromatic carbocycles. The predicted octanol–water partition coefficient (Wildman–Crippen LogP) is 4.28. The number of aromatic nitrogens is 3. The molecule has 41 heavy (non-hydrogen) atoms. The number of hydrogen-bond acceptors (Lipinski definition) is 7. The van der Waals surface area contributed by atoms with Gasteiger partial charge >= 0.3 is 0 Å². The molecule has 1 atom stereocenters. The average Bonchev–Trinajstić information content (AvgIpc) is 3.61. The summed E-state index contributed by atoms with van der Waals surface area (Å²) in [5.41, 5.74) is 19.1. The number of benzene rings is 3. The number of carbonyl (C=O) groups excluding carboxylic acids is 2. The first-order valence-electron chi connectivity index (χ1n) is 12.8. The molecule has 5 rings (SSSR count). The smallest absolute Gasteiger partial charge is 0.257 e. The van der Waals surface area contributed by atoms with Crippen LogP contribution in [0.15, 0.2) is 89.4 Å². The number of guanidine groups is 1. The Morgan fingerprint density at radius 1 is 1.00 bits per heavy atom. The van der Waals surface area contributed by atoms with Gasteiger partial charge in [0.15, 0.2) is 11.1 Å². The number of fused-ring (bicyclic) bond motifs is 1. The Balaban J connectivity index is 1.56. The van der Waals surface area contributed by atoms with Crippen LogP contribution in [0.25, 0.3) is 22.4 Å². The summed E-state index contributed by atoms with van der Waals surface area (Å²) in [7, 11) is 0. The minimum absolute atomic E-state index is 0.0202. The Morgan fingerprint density at radius 2 is 1.80 bits per heavy atom. The second-order valence-corrected chi connectivity index (χ2v) is 10.0. The summed E-state index contributed by atoms with van der Waals surface area (Å²) in [6.07, 6.45) is 2.50. The van der Waals surface area contributed by atoms with E-state index in [1.807, 2.05) is 54.6 Å². The summed E-state index contributed by atoms with van der Waals surface area (Å²) in [4.78, 5) is 38.7. The molecule has 0 spiro atoms. The van der Waals surface area contributed by atoms with Crippen molar-refractivity contribution in [3.8, 4) is 22.9 Å².